The molecule has 3 aromatic carbocycles. The van der Waals surface area contributed by atoms with Gasteiger partial charge in [0, 0.05) is 16.7 Å². The fraction of sp³-hybridized carbons (Fsp3) is 0.267. The van der Waals surface area contributed by atoms with Crippen LogP contribution in [-0.2, 0) is 9.31 Å². The molecular weight excluding hydrogens is 462 g/mol. The SMILES string of the molecule is CC1(C)OB(c2ccc3c(c2)N(c2ccccc2)P(C2=CCCC=C2)N3c2ccccc2)OC1(C)C. The van der Waals surface area contributed by atoms with Crippen molar-refractivity contribution in [2.75, 3.05) is 9.34 Å². The predicted molar refractivity (Wildman–Crippen MR) is 153 cm³/mol. The van der Waals surface area contributed by atoms with Gasteiger partial charge in [-0.25, -0.2) is 0 Å². The number of hydrogen-bond donors (Lipinski definition) is 0. The molecule has 1 unspecified atom stereocenters. The Morgan fingerprint density at radius 2 is 1.31 bits per heavy atom. The Morgan fingerprint density at radius 1 is 0.722 bits per heavy atom. The molecule has 6 rings (SSSR count). The number of nitrogens with zero attached hydrogens (tertiary/aromatic N) is 2. The summed E-state index contributed by atoms with van der Waals surface area (Å²) in [7, 11) is -1.27. The maximum atomic E-state index is 6.43. The Balaban J connectivity index is 1.52. The Kier molecular flexibility index (Phi) is 5.83. The van der Waals surface area contributed by atoms with Gasteiger partial charge in [0.2, 0.25) is 0 Å². The van der Waals surface area contributed by atoms with E-state index >= 15 is 0 Å². The van der Waals surface area contributed by atoms with Crippen LogP contribution in [0.3, 0.4) is 0 Å². The summed E-state index contributed by atoms with van der Waals surface area (Å²) in [5.41, 5.74) is 5.07. The zero-order valence-corrected chi connectivity index (χ0v) is 22.3. The quantitative estimate of drug-likeness (QED) is 0.273. The lowest BCUT2D eigenvalue weighted by molar-refractivity contribution is 0.00578. The molecule has 0 saturated carbocycles. The molecule has 0 bridgehead atoms. The molecule has 1 saturated heterocycles. The summed E-state index contributed by atoms with van der Waals surface area (Å²) in [6, 6.07) is 28.2. The second-order valence-corrected chi connectivity index (χ2v) is 12.4. The van der Waals surface area contributed by atoms with Gasteiger partial charge in [-0.3, -0.25) is 9.34 Å². The number of para-hydroxylation sites is 2. The molecule has 0 N–H and O–H groups in total. The second kappa shape index (κ2) is 8.92. The van der Waals surface area contributed by atoms with Gasteiger partial charge in [0.05, 0.1) is 22.6 Å². The van der Waals surface area contributed by atoms with Crippen molar-refractivity contribution < 1.29 is 9.31 Å². The van der Waals surface area contributed by atoms with Gasteiger partial charge in [-0.1, -0.05) is 60.7 Å². The molecular formula is C30H32BN2O2P. The zero-order valence-electron chi connectivity index (χ0n) is 21.4. The minimum Gasteiger partial charge on any atom is -0.399 e. The van der Waals surface area contributed by atoms with E-state index in [1.807, 2.05) is 0 Å². The fourth-order valence-electron chi connectivity index (χ4n) is 4.92. The Bertz CT molecular complexity index is 1310. The molecule has 3 aliphatic rings. The lowest BCUT2D eigenvalue weighted by Gasteiger charge is -2.34. The maximum Gasteiger partial charge on any atom is 0.494 e. The minimum atomic E-state index is -0.873. The van der Waals surface area contributed by atoms with E-state index in [9.17, 15) is 0 Å². The molecule has 3 aromatic rings. The molecule has 0 spiro atoms. The first-order valence-electron chi connectivity index (χ1n) is 12.7. The van der Waals surface area contributed by atoms with E-state index in [4.69, 9.17) is 9.31 Å². The fourth-order valence-corrected chi connectivity index (χ4v) is 7.54. The predicted octanol–water partition coefficient (Wildman–Crippen LogP) is 7.82. The topological polar surface area (TPSA) is 24.9 Å². The van der Waals surface area contributed by atoms with E-state index in [0.29, 0.717) is 0 Å². The van der Waals surface area contributed by atoms with Gasteiger partial charge < -0.3 is 9.31 Å². The summed E-state index contributed by atoms with van der Waals surface area (Å²) in [6.45, 7) is 8.42. The number of fused-ring (bicyclic) bond motifs is 1. The third-order valence-electron chi connectivity index (χ3n) is 7.57. The lowest BCUT2D eigenvalue weighted by atomic mass is 9.78. The van der Waals surface area contributed by atoms with Crippen LogP contribution in [0.5, 0.6) is 0 Å². The molecule has 0 radical (unpaired) electrons. The molecule has 1 fully saturated rings. The largest absolute Gasteiger partial charge is 0.494 e. The van der Waals surface area contributed by atoms with Crippen molar-refractivity contribution in [1.82, 2.24) is 0 Å². The van der Waals surface area contributed by atoms with Gasteiger partial charge in [0.25, 0.3) is 0 Å². The van der Waals surface area contributed by atoms with Gasteiger partial charge in [0.1, 0.15) is 8.22 Å². The first-order valence-corrected chi connectivity index (χ1v) is 14.0. The number of rotatable bonds is 4. The van der Waals surface area contributed by atoms with Gasteiger partial charge in [-0.2, -0.15) is 0 Å². The minimum absolute atomic E-state index is 0.379. The normalized spacial score (nSPS) is 22.1. The van der Waals surface area contributed by atoms with E-state index in [1.54, 1.807) is 0 Å². The van der Waals surface area contributed by atoms with Crippen LogP contribution in [-0.4, -0.2) is 18.3 Å². The van der Waals surface area contributed by atoms with Gasteiger partial charge in [0.15, 0.2) is 0 Å². The molecule has 2 aliphatic heterocycles. The van der Waals surface area contributed by atoms with Crippen LogP contribution in [0.2, 0.25) is 0 Å². The van der Waals surface area contributed by atoms with Gasteiger partial charge >= 0.3 is 7.12 Å². The van der Waals surface area contributed by atoms with Crippen LogP contribution in [0.15, 0.2) is 102 Å². The summed E-state index contributed by atoms with van der Waals surface area (Å²) >= 11 is 0. The lowest BCUT2D eigenvalue weighted by Crippen LogP contribution is -2.41. The van der Waals surface area contributed by atoms with E-state index in [1.165, 1.54) is 28.1 Å². The van der Waals surface area contributed by atoms with Crippen LogP contribution >= 0.6 is 8.22 Å². The molecule has 36 heavy (non-hydrogen) atoms. The van der Waals surface area contributed by atoms with Crippen molar-refractivity contribution in [1.29, 1.82) is 0 Å². The Labute approximate surface area is 216 Å². The van der Waals surface area contributed by atoms with Crippen molar-refractivity contribution in [3.63, 3.8) is 0 Å². The second-order valence-electron chi connectivity index (χ2n) is 10.5. The highest BCUT2D eigenvalue weighted by molar-refractivity contribution is 7.67. The number of benzene rings is 3. The smallest absolute Gasteiger partial charge is 0.399 e. The first-order chi connectivity index (χ1) is 17.4. The highest BCUT2D eigenvalue weighted by Crippen LogP contribution is 2.69. The number of anilines is 4. The molecule has 6 heteroatoms. The molecule has 182 valence electrons. The molecule has 0 aromatic heterocycles. The summed E-state index contributed by atoms with van der Waals surface area (Å²) < 4.78 is 17.9. The molecule has 1 atom stereocenters. The zero-order chi connectivity index (χ0) is 24.9. The van der Waals surface area contributed by atoms with E-state index in [2.05, 4.69) is 134 Å². The average Bonchev–Trinajstić information content (AvgIpc) is 3.35. The van der Waals surface area contributed by atoms with Crippen LogP contribution in [0.1, 0.15) is 40.5 Å². The third kappa shape index (κ3) is 3.91. The first kappa shape index (κ1) is 23.5. The van der Waals surface area contributed by atoms with Crippen LogP contribution < -0.4 is 14.8 Å². The van der Waals surface area contributed by atoms with Gasteiger partial charge in [-0.05, 0) is 82.4 Å². The summed E-state index contributed by atoms with van der Waals surface area (Å²) in [5, 5.41) is 1.37. The number of hydrogen-bond acceptors (Lipinski definition) is 4. The summed E-state index contributed by atoms with van der Waals surface area (Å²) in [6.07, 6.45) is 9.22. The van der Waals surface area contributed by atoms with Crippen molar-refractivity contribution in [2.24, 2.45) is 0 Å². The third-order valence-corrected chi connectivity index (χ3v) is 10.0. The van der Waals surface area contributed by atoms with Gasteiger partial charge in [-0.15, -0.1) is 0 Å². The molecule has 2 heterocycles. The van der Waals surface area contributed by atoms with Crippen molar-refractivity contribution in [3.8, 4) is 0 Å². The highest BCUT2D eigenvalue weighted by Gasteiger charge is 2.52. The van der Waals surface area contributed by atoms with Crippen molar-refractivity contribution in [2.45, 2.75) is 51.7 Å². The molecule has 0 amide bonds. The van der Waals surface area contributed by atoms with Crippen molar-refractivity contribution >= 4 is 43.6 Å². The Hall–Kier alpha value is -2.85. The van der Waals surface area contributed by atoms with E-state index in [0.717, 1.165) is 18.3 Å². The summed E-state index contributed by atoms with van der Waals surface area (Å²) in [4.78, 5) is 0. The van der Waals surface area contributed by atoms with Crippen LogP contribution in [0.4, 0.5) is 22.7 Å². The van der Waals surface area contributed by atoms with E-state index in [-0.39, 0.29) is 11.2 Å². The average molecular weight is 494 g/mol. The molecule has 4 nitrogen and oxygen atoms in total. The molecule has 1 aliphatic carbocycles. The number of allylic oxidation sites excluding steroid dienone is 4. The Morgan fingerprint density at radius 3 is 1.86 bits per heavy atom. The highest BCUT2D eigenvalue weighted by atomic mass is 31.1. The van der Waals surface area contributed by atoms with Crippen LogP contribution in [0.25, 0.3) is 0 Å². The van der Waals surface area contributed by atoms with Crippen molar-refractivity contribution in [3.05, 3.63) is 102 Å². The van der Waals surface area contributed by atoms with E-state index < -0.39 is 15.3 Å². The monoisotopic (exact) mass is 494 g/mol. The standard InChI is InChI=1S/C30H32BN2O2P/c1-29(2)30(3,4)35-31(34-29)23-20-21-27-28(22-23)33(25-16-10-6-11-17-25)36(26-18-12-7-13-19-26)32(27)24-14-8-5-9-15-24/h5-6,8-12,14-22H,7,13H2,1-4H3. The summed E-state index contributed by atoms with van der Waals surface area (Å²) in [5.74, 6) is 0. The maximum absolute atomic E-state index is 6.43. The van der Waals surface area contributed by atoms with Crippen LogP contribution in [0, 0.1) is 0 Å².